The second-order valence-corrected chi connectivity index (χ2v) is 6.78. The zero-order valence-corrected chi connectivity index (χ0v) is 15.1. The summed E-state index contributed by atoms with van der Waals surface area (Å²) in [6.07, 6.45) is 4.54. The van der Waals surface area contributed by atoms with E-state index in [4.69, 9.17) is 0 Å². The maximum atomic E-state index is 13.5. The molecule has 2 aromatic carbocycles. The number of halogens is 2. The van der Waals surface area contributed by atoms with Crippen molar-refractivity contribution < 1.29 is 18.4 Å². The minimum atomic E-state index is -1.09. The normalized spacial score (nSPS) is 14.2. The summed E-state index contributed by atoms with van der Waals surface area (Å²) in [4.78, 5) is 24.6. The lowest BCUT2D eigenvalue weighted by molar-refractivity contribution is -0.128. The Kier molecular flexibility index (Phi) is 5.84. The third-order valence-corrected chi connectivity index (χ3v) is 4.87. The van der Waals surface area contributed by atoms with Crippen molar-refractivity contribution in [3.05, 3.63) is 70.3 Å². The highest BCUT2D eigenvalue weighted by molar-refractivity contribution is 5.89. The van der Waals surface area contributed by atoms with Gasteiger partial charge in [-0.2, -0.15) is 0 Å². The predicted octanol–water partition coefficient (Wildman–Crippen LogP) is 2.99. The van der Waals surface area contributed by atoms with Gasteiger partial charge >= 0.3 is 0 Å². The molecule has 0 fully saturated rings. The average molecular weight is 372 g/mol. The summed E-state index contributed by atoms with van der Waals surface area (Å²) >= 11 is 0. The molecule has 0 saturated carbocycles. The molecule has 1 atom stereocenters. The molecule has 142 valence electrons. The number of rotatable bonds is 5. The minimum Gasteiger partial charge on any atom is -0.357 e. The van der Waals surface area contributed by atoms with Gasteiger partial charge < -0.3 is 10.6 Å². The summed E-state index contributed by atoms with van der Waals surface area (Å²) in [5.41, 5.74) is 3.66. The molecule has 1 aliphatic rings. The van der Waals surface area contributed by atoms with Crippen LogP contribution >= 0.6 is 0 Å². The second kappa shape index (κ2) is 8.29. The van der Waals surface area contributed by atoms with Gasteiger partial charge in [-0.05, 0) is 60.1 Å². The molecule has 2 aromatic rings. The molecule has 27 heavy (non-hydrogen) atoms. The fraction of sp³-hybridized carbons (Fsp3) is 0.333. The number of likely N-dealkylation sites (N-methyl/N-ethyl adjacent to an activating group) is 1. The summed E-state index contributed by atoms with van der Waals surface area (Å²) in [5.74, 6) is -2.93. The molecule has 1 unspecified atom stereocenters. The third-order valence-electron chi connectivity index (χ3n) is 4.87. The molecule has 0 aromatic heterocycles. The highest BCUT2D eigenvalue weighted by Gasteiger charge is 2.23. The van der Waals surface area contributed by atoms with E-state index in [1.807, 2.05) is 12.1 Å². The second-order valence-electron chi connectivity index (χ2n) is 6.78. The molecule has 0 spiro atoms. The van der Waals surface area contributed by atoms with E-state index in [0.29, 0.717) is 0 Å². The van der Waals surface area contributed by atoms with Gasteiger partial charge in [0.05, 0.1) is 6.42 Å². The van der Waals surface area contributed by atoms with E-state index < -0.39 is 23.6 Å². The van der Waals surface area contributed by atoms with Crippen molar-refractivity contribution in [2.75, 3.05) is 7.05 Å². The van der Waals surface area contributed by atoms with Gasteiger partial charge in [-0.3, -0.25) is 9.59 Å². The maximum Gasteiger partial charge on any atom is 0.246 e. The monoisotopic (exact) mass is 372 g/mol. The van der Waals surface area contributed by atoms with Gasteiger partial charge in [0.15, 0.2) is 11.6 Å². The zero-order valence-electron chi connectivity index (χ0n) is 15.1. The lowest BCUT2D eigenvalue weighted by Gasteiger charge is -2.19. The van der Waals surface area contributed by atoms with Gasteiger partial charge in [0.1, 0.15) is 6.04 Å². The predicted molar refractivity (Wildman–Crippen MR) is 98.1 cm³/mol. The number of amides is 2. The quantitative estimate of drug-likeness (QED) is 0.848. The first-order valence-corrected chi connectivity index (χ1v) is 9.04. The third kappa shape index (κ3) is 4.51. The molecular formula is C21H22F2N2O2. The van der Waals surface area contributed by atoms with Crippen LogP contribution in [0.15, 0.2) is 36.4 Å². The van der Waals surface area contributed by atoms with Crippen LogP contribution in [0.5, 0.6) is 0 Å². The van der Waals surface area contributed by atoms with Crippen LogP contribution in [-0.2, 0) is 28.9 Å². The average Bonchev–Trinajstić information content (AvgIpc) is 2.67. The summed E-state index contributed by atoms with van der Waals surface area (Å²) < 4.78 is 26.7. The maximum absolute atomic E-state index is 13.5. The van der Waals surface area contributed by atoms with Crippen LogP contribution < -0.4 is 10.6 Å². The molecule has 0 saturated heterocycles. The van der Waals surface area contributed by atoms with Gasteiger partial charge in [-0.25, -0.2) is 8.78 Å². The van der Waals surface area contributed by atoms with Crippen LogP contribution in [0.4, 0.5) is 8.78 Å². The first kappa shape index (κ1) is 19.0. The molecule has 3 rings (SSSR count). The van der Waals surface area contributed by atoms with E-state index in [-0.39, 0.29) is 17.9 Å². The lowest BCUT2D eigenvalue weighted by atomic mass is 9.90. The SMILES string of the molecule is CNC(=O)C(NC(=O)Cc1ccc2c(c1)CCCC2)c1ccc(F)c(F)c1. The number of benzene rings is 2. The fourth-order valence-corrected chi connectivity index (χ4v) is 3.43. The first-order valence-electron chi connectivity index (χ1n) is 9.04. The van der Waals surface area contributed by atoms with Crippen molar-refractivity contribution in [3.63, 3.8) is 0 Å². The highest BCUT2D eigenvalue weighted by Crippen LogP contribution is 2.23. The van der Waals surface area contributed by atoms with Crippen LogP contribution in [0.2, 0.25) is 0 Å². The Morgan fingerprint density at radius 1 is 1.00 bits per heavy atom. The Morgan fingerprint density at radius 3 is 2.44 bits per heavy atom. The molecule has 1 aliphatic carbocycles. The largest absolute Gasteiger partial charge is 0.357 e. The smallest absolute Gasteiger partial charge is 0.246 e. The summed E-state index contributed by atoms with van der Waals surface area (Å²) in [6, 6.07) is 8.09. The number of nitrogens with one attached hydrogen (secondary N) is 2. The molecule has 0 bridgehead atoms. The van der Waals surface area contributed by atoms with E-state index in [1.165, 1.54) is 30.7 Å². The van der Waals surface area contributed by atoms with E-state index >= 15 is 0 Å². The van der Waals surface area contributed by atoms with E-state index in [9.17, 15) is 18.4 Å². The van der Waals surface area contributed by atoms with Crippen LogP contribution in [0.25, 0.3) is 0 Å². The summed E-state index contributed by atoms with van der Waals surface area (Å²) in [6.45, 7) is 0. The molecular weight excluding hydrogens is 350 g/mol. The van der Waals surface area contributed by atoms with Gasteiger partial charge in [0, 0.05) is 7.05 Å². The summed E-state index contributed by atoms with van der Waals surface area (Å²) in [5, 5.41) is 5.06. The molecule has 0 radical (unpaired) electrons. The number of aryl methyl sites for hydroxylation is 2. The van der Waals surface area contributed by atoms with Gasteiger partial charge in [0.2, 0.25) is 11.8 Å². The van der Waals surface area contributed by atoms with Crippen molar-refractivity contribution in [1.29, 1.82) is 0 Å². The molecule has 2 N–H and O–H groups in total. The first-order chi connectivity index (χ1) is 13.0. The number of hydrogen-bond acceptors (Lipinski definition) is 2. The van der Waals surface area contributed by atoms with Crippen LogP contribution in [0, 0.1) is 11.6 Å². The molecule has 6 heteroatoms. The van der Waals surface area contributed by atoms with Crippen LogP contribution in [-0.4, -0.2) is 18.9 Å². The van der Waals surface area contributed by atoms with E-state index in [0.717, 1.165) is 37.0 Å². The standard InChI is InChI=1S/C21H22F2N2O2/c1-24-21(27)20(16-8-9-17(22)18(23)12-16)25-19(26)11-13-6-7-14-4-2-3-5-15(14)10-13/h6-10,12,20H,2-5,11H2,1H3,(H,24,27)(H,25,26). The Hall–Kier alpha value is -2.76. The fourth-order valence-electron chi connectivity index (χ4n) is 3.43. The van der Waals surface area contributed by atoms with Crippen molar-refractivity contribution in [1.82, 2.24) is 10.6 Å². The summed E-state index contributed by atoms with van der Waals surface area (Å²) in [7, 11) is 1.42. The van der Waals surface area contributed by atoms with Crippen LogP contribution in [0.1, 0.15) is 41.1 Å². The highest BCUT2D eigenvalue weighted by atomic mass is 19.2. The van der Waals surface area contributed by atoms with Gasteiger partial charge in [-0.15, -0.1) is 0 Å². The van der Waals surface area contributed by atoms with Crippen molar-refractivity contribution >= 4 is 11.8 Å². The molecule has 2 amide bonds. The Labute approximate surface area is 157 Å². The molecule has 0 aliphatic heterocycles. The van der Waals surface area contributed by atoms with Crippen molar-refractivity contribution in [2.45, 2.75) is 38.1 Å². The Balaban J connectivity index is 1.74. The lowest BCUT2D eigenvalue weighted by Crippen LogP contribution is -2.39. The molecule has 4 nitrogen and oxygen atoms in total. The van der Waals surface area contributed by atoms with E-state index in [2.05, 4.69) is 16.7 Å². The number of carbonyl (C=O) groups is 2. The number of carbonyl (C=O) groups excluding carboxylic acids is 2. The molecule has 0 heterocycles. The number of hydrogen-bond donors (Lipinski definition) is 2. The Bertz CT molecular complexity index is 867. The minimum absolute atomic E-state index is 0.116. The zero-order chi connectivity index (χ0) is 19.4. The van der Waals surface area contributed by atoms with Crippen molar-refractivity contribution in [3.8, 4) is 0 Å². The van der Waals surface area contributed by atoms with Crippen molar-refractivity contribution in [2.24, 2.45) is 0 Å². The van der Waals surface area contributed by atoms with Crippen LogP contribution in [0.3, 0.4) is 0 Å². The Morgan fingerprint density at radius 2 is 1.74 bits per heavy atom. The van der Waals surface area contributed by atoms with Gasteiger partial charge in [-0.1, -0.05) is 24.3 Å². The van der Waals surface area contributed by atoms with Gasteiger partial charge in [0.25, 0.3) is 0 Å². The van der Waals surface area contributed by atoms with E-state index in [1.54, 1.807) is 0 Å². The number of fused-ring (bicyclic) bond motifs is 1. The topological polar surface area (TPSA) is 58.2 Å².